The molecule has 0 spiro atoms. The second-order valence-electron chi connectivity index (χ2n) is 5.71. The molecule has 1 saturated carbocycles. The summed E-state index contributed by atoms with van der Waals surface area (Å²) in [5.74, 6) is 4.58. The zero-order chi connectivity index (χ0) is 12.5. The van der Waals surface area contributed by atoms with E-state index in [0.717, 1.165) is 11.8 Å². The van der Waals surface area contributed by atoms with Crippen LogP contribution in [0.3, 0.4) is 0 Å². The van der Waals surface area contributed by atoms with E-state index in [0.29, 0.717) is 6.04 Å². The summed E-state index contributed by atoms with van der Waals surface area (Å²) >= 11 is 2.11. The van der Waals surface area contributed by atoms with Crippen LogP contribution in [0.4, 0.5) is 0 Å². The number of hydrogen-bond acceptors (Lipinski definition) is 2. The molecule has 0 aromatic heterocycles. The first-order chi connectivity index (χ1) is 8.24. The summed E-state index contributed by atoms with van der Waals surface area (Å²) in [6, 6.07) is 0.643. The van der Waals surface area contributed by atoms with E-state index in [4.69, 9.17) is 0 Å². The summed E-state index contributed by atoms with van der Waals surface area (Å²) in [6.45, 7) is 8.05. The first-order valence-electron chi connectivity index (χ1n) is 7.55. The lowest BCUT2D eigenvalue weighted by Crippen LogP contribution is -2.32. The number of nitrogens with one attached hydrogen (secondary N) is 1. The largest absolute Gasteiger partial charge is 0.314 e. The van der Waals surface area contributed by atoms with E-state index < -0.39 is 0 Å². The minimum absolute atomic E-state index is 0.643. The molecule has 0 heterocycles. The van der Waals surface area contributed by atoms with Crippen LogP contribution >= 0.6 is 11.8 Å². The van der Waals surface area contributed by atoms with Crippen molar-refractivity contribution in [3.63, 3.8) is 0 Å². The summed E-state index contributed by atoms with van der Waals surface area (Å²) in [5.41, 5.74) is 0. The van der Waals surface area contributed by atoms with Gasteiger partial charge in [-0.15, -0.1) is 0 Å². The molecule has 1 rings (SSSR count). The molecule has 1 fully saturated rings. The van der Waals surface area contributed by atoms with Gasteiger partial charge in [0.05, 0.1) is 0 Å². The SMILES string of the molecule is CCSCCC1CCCCCC1CNC(C)C. The third-order valence-corrected chi connectivity index (χ3v) is 4.87. The quantitative estimate of drug-likeness (QED) is 0.538. The van der Waals surface area contributed by atoms with Crippen molar-refractivity contribution in [1.29, 1.82) is 0 Å². The summed E-state index contributed by atoms with van der Waals surface area (Å²) in [4.78, 5) is 0. The van der Waals surface area contributed by atoms with Gasteiger partial charge in [-0.3, -0.25) is 0 Å². The molecule has 0 saturated heterocycles. The third-order valence-electron chi connectivity index (χ3n) is 3.94. The Labute approximate surface area is 113 Å². The van der Waals surface area contributed by atoms with Gasteiger partial charge in [0.1, 0.15) is 0 Å². The normalized spacial score (nSPS) is 26.1. The topological polar surface area (TPSA) is 12.0 Å². The minimum Gasteiger partial charge on any atom is -0.314 e. The highest BCUT2D eigenvalue weighted by Crippen LogP contribution is 2.31. The van der Waals surface area contributed by atoms with Crippen LogP contribution in [0, 0.1) is 11.8 Å². The molecule has 2 unspecified atom stereocenters. The predicted octanol–water partition coefficient (Wildman–Crippen LogP) is 4.32. The molecule has 102 valence electrons. The van der Waals surface area contributed by atoms with Gasteiger partial charge >= 0.3 is 0 Å². The van der Waals surface area contributed by atoms with Crippen LogP contribution in [0.25, 0.3) is 0 Å². The first-order valence-corrected chi connectivity index (χ1v) is 8.70. The van der Waals surface area contributed by atoms with Crippen molar-refractivity contribution < 1.29 is 0 Å². The molecule has 0 radical (unpaired) electrons. The van der Waals surface area contributed by atoms with Crippen molar-refractivity contribution in [1.82, 2.24) is 5.32 Å². The molecule has 0 aliphatic heterocycles. The van der Waals surface area contributed by atoms with E-state index in [1.807, 2.05) is 0 Å². The van der Waals surface area contributed by atoms with Gasteiger partial charge in [0.15, 0.2) is 0 Å². The predicted molar refractivity (Wildman–Crippen MR) is 80.8 cm³/mol. The summed E-state index contributed by atoms with van der Waals surface area (Å²) < 4.78 is 0. The van der Waals surface area contributed by atoms with Gasteiger partial charge in [-0.05, 0) is 42.7 Å². The molecule has 1 aliphatic carbocycles. The maximum atomic E-state index is 3.66. The molecule has 0 aromatic carbocycles. The molecule has 0 amide bonds. The minimum atomic E-state index is 0.643. The molecule has 0 bridgehead atoms. The van der Waals surface area contributed by atoms with E-state index >= 15 is 0 Å². The molecular formula is C15H31NS. The Morgan fingerprint density at radius 2 is 1.82 bits per heavy atom. The standard InChI is InChI=1S/C15H31NS/c1-4-17-11-10-14-8-6-5-7-9-15(14)12-16-13(2)3/h13-16H,4-12H2,1-3H3. The smallest absolute Gasteiger partial charge is 0.00104 e. The summed E-state index contributed by atoms with van der Waals surface area (Å²) in [7, 11) is 0. The Hall–Kier alpha value is 0.310. The van der Waals surface area contributed by atoms with Crippen LogP contribution in [0.2, 0.25) is 0 Å². The van der Waals surface area contributed by atoms with Crippen molar-refractivity contribution in [3.8, 4) is 0 Å². The number of hydrogen-bond donors (Lipinski definition) is 1. The van der Waals surface area contributed by atoms with Gasteiger partial charge in [-0.1, -0.05) is 46.5 Å². The Balaban J connectivity index is 2.35. The van der Waals surface area contributed by atoms with Crippen LogP contribution in [-0.2, 0) is 0 Å². The number of rotatable bonds is 7. The fraction of sp³-hybridized carbons (Fsp3) is 1.00. The van der Waals surface area contributed by atoms with Crippen molar-refractivity contribution >= 4 is 11.8 Å². The highest BCUT2D eigenvalue weighted by molar-refractivity contribution is 7.99. The highest BCUT2D eigenvalue weighted by Gasteiger charge is 2.23. The van der Waals surface area contributed by atoms with E-state index in [9.17, 15) is 0 Å². The Morgan fingerprint density at radius 3 is 2.47 bits per heavy atom. The molecule has 1 aliphatic rings. The molecule has 0 aromatic rings. The molecule has 2 atom stereocenters. The lowest BCUT2D eigenvalue weighted by Gasteiger charge is -2.26. The zero-order valence-corrected chi connectivity index (χ0v) is 12.8. The van der Waals surface area contributed by atoms with E-state index in [2.05, 4.69) is 37.8 Å². The van der Waals surface area contributed by atoms with E-state index in [1.165, 1.54) is 56.6 Å². The molecule has 1 nitrogen and oxygen atoms in total. The average Bonchev–Trinajstić information content (AvgIpc) is 2.52. The van der Waals surface area contributed by atoms with Gasteiger partial charge in [0.2, 0.25) is 0 Å². The van der Waals surface area contributed by atoms with Gasteiger partial charge in [-0.25, -0.2) is 0 Å². The average molecular weight is 257 g/mol. The van der Waals surface area contributed by atoms with Crippen molar-refractivity contribution in [2.45, 2.75) is 65.3 Å². The first kappa shape index (κ1) is 15.4. The Morgan fingerprint density at radius 1 is 1.12 bits per heavy atom. The van der Waals surface area contributed by atoms with Crippen molar-refractivity contribution in [2.75, 3.05) is 18.1 Å². The van der Waals surface area contributed by atoms with Crippen LogP contribution in [0.1, 0.15) is 59.3 Å². The van der Waals surface area contributed by atoms with Gasteiger partial charge in [0.25, 0.3) is 0 Å². The highest BCUT2D eigenvalue weighted by atomic mass is 32.2. The fourth-order valence-corrected chi connectivity index (χ4v) is 3.63. The van der Waals surface area contributed by atoms with Crippen molar-refractivity contribution in [2.24, 2.45) is 11.8 Å². The maximum Gasteiger partial charge on any atom is 0.00104 e. The van der Waals surface area contributed by atoms with Crippen LogP contribution in [0.15, 0.2) is 0 Å². The van der Waals surface area contributed by atoms with Gasteiger partial charge in [0, 0.05) is 6.04 Å². The monoisotopic (exact) mass is 257 g/mol. The van der Waals surface area contributed by atoms with E-state index in [-0.39, 0.29) is 0 Å². The Kier molecular flexibility index (Phi) is 8.38. The summed E-state index contributed by atoms with van der Waals surface area (Å²) in [5, 5.41) is 3.66. The maximum absolute atomic E-state index is 3.66. The van der Waals surface area contributed by atoms with E-state index in [1.54, 1.807) is 0 Å². The van der Waals surface area contributed by atoms with Gasteiger partial charge in [-0.2, -0.15) is 11.8 Å². The molecule has 2 heteroatoms. The second kappa shape index (κ2) is 9.27. The van der Waals surface area contributed by atoms with Crippen LogP contribution in [0.5, 0.6) is 0 Å². The molecule has 1 N–H and O–H groups in total. The third kappa shape index (κ3) is 6.71. The lowest BCUT2D eigenvalue weighted by molar-refractivity contribution is 0.287. The van der Waals surface area contributed by atoms with Gasteiger partial charge < -0.3 is 5.32 Å². The van der Waals surface area contributed by atoms with Crippen LogP contribution < -0.4 is 5.32 Å². The van der Waals surface area contributed by atoms with Crippen LogP contribution in [-0.4, -0.2) is 24.1 Å². The number of thioether (sulfide) groups is 1. The fourth-order valence-electron chi connectivity index (χ4n) is 2.88. The second-order valence-corrected chi connectivity index (χ2v) is 7.10. The lowest BCUT2D eigenvalue weighted by atomic mass is 9.86. The zero-order valence-electron chi connectivity index (χ0n) is 12.0. The Bertz CT molecular complexity index is 182. The molecule has 17 heavy (non-hydrogen) atoms. The molecular weight excluding hydrogens is 226 g/mol. The summed E-state index contributed by atoms with van der Waals surface area (Å²) in [6.07, 6.45) is 8.79. The van der Waals surface area contributed by atoms with Crippen molar-refractivity contribution in [3.05, 3.63) is 0 Å².